The Kier molecular flexibility index (Phi) is 11.1. The highest BCUT2D eigenvalue weighted by Crippen LogP contribution is 2.09. The van der Waals surface area contributed by atoms with E-state index in [1.165, 1.54) is 6.92 Å². The molecule has 2 aromatic rings. The summed E-state index contributed by atoms with van der Waals surface area (Å²) in [6.07, 6.45) is -2.26. The summed E-state index contributed by atoms with van der Waals surface area (Å²) in [5, 5.41) is 17.6. The maximum Gasteiger partial charge on any atom is 0.408 e. The van der Waals surface area contributed by atoms with Crippen LogP contribution in [0.2, 0.25) is 0 Å². The van der Waals surface area contributed by atoms with Crippen molar-refractivity contribution in [2.45, 2.75) is 64.5 Å². The fourth-order valence-corrected chi connectivity index (χ4v) is 3.14. The van der Waals surface area contributed by atoms with Crippen LogP contribution in [-0.4, -0.2) is 59.3 Å². The largest absolute Gasteiger partial charge is 0.458 e. The first-order chi connectivity index (χ1) is 17.4. The number of hydrogen-bond acceptors (Lipinski definition) is 7. The van der Waals surface area contributed by atoms with E-state index in [0.717, 1.165) is 11.1 Å². The van der Waals surface area contributed by atoms with Gasteiger partial charge in [0, 0.05) is 6.42 Å². The molecule has 0 bridgehead atoms. The molecule has 0 spiro atoms. The van der Waals surface area contributed by atoms with Crippen molar-refractivity contribution in [1.29, 1.82) is 0 Å². The lowest BCUT2D eigenvalue weighted by Gasteiger charge is -2.23. The van der Waals surface area contributed by atoms with Crippen LogP contribution in [0.1, 0.15) is 38.8 Å². The summed E-state index contributed by atoms with van der Waals surface area (Å²) >= 11 is 0. The molecule has 2 aromatic carbocycles. The number of alkyl carbamates (subject to hydrolysis) is 1. The summed E-state index contributed by atoms with van der Waals surface area (Å²) < 4.78 is 10.4. The second-order valence-electron chi connectivity index (χ2n) is 9.47. The molecule has 37 heavy (non-hydrogen) atoms. The molecular formula is C27H35N3O7. The number of benzene rings is 2. The molecule has 0 aliphatic carbocycles. The highest BCUT2D eigenvalue weighted by Gasteiger charge is 2.27. The van der Waals surface area contributed by atoms with Gasteiger partial charge >= 0.3 is 12.1 Å². The average molecular weight is 514 g/mol. The zero-order valence-corrected chi connectivity index (χ0v) is 21.5. The van der Waals surface area contributed by atoms with Gasteiger partial charge in [-0.1, -0.05) is 60.7 Å². The molecule has 0 unspecified atom stereocenters. The van der Waals surface area contributed by atoms with Crippen LogP contribution in [0, 0.1) is 0 Å². The van der Waals surface area contributed by atoms with E-state index in [2.05, 4.69) is 16.0 Å². The van der Waals surface area contributed by atoms with Crippen LogP contribution in [0.5, 0.6) is 0 Å². The zero-order valence-electron chi connectivity index (χ0n) is 21.5. The number of carbonyl (C=O) groups excluding carboxylic acids is 4. The Morgan fingerprint density at radius 3 is 2.00 bits per heavy atom. The number of aliphatic hydroxyl groups excluding tert-OH is 1. The average Bonchev–Trinajstić information content (AvgIpc) is 2.85. The minimum atomic E-state index is -1.63. The number of nitrogens with one attached hydrogen (secondary N) is 3. The van der Waals surface area contributed by atoms with E-state index in [0.29, 0.717) is 0 Å². The summed E-state index contributed by atoms with van der Waals surface area (Å²) in [5.41, 5.74) is 0.845. The number of amides is 3. The van der Waals surface area contributed by atoms with Gasteiger partial charge in [-0.15, -0.1) is 0 Å². The smallest absolute Gasteiger partial charge is 0.408 e. The molecular weight excluding hydrogens is 478 g/mol. The lowest BCUT2D eigenvalue weighted by Crippen LogP contribution is -2.52. The maximum atomic E-state index is 12.9. The monoisotopic (exact) mass is 513 g/mol. The second kappa shape index (κ2) is 14.0. The van der Waals surface area contributed by atoms with Crippen LogP contribution in [-0.2, 0) is 36.9 Å². The minimum Gasteiger partial charge on any atom is -0.458 e. The molecule has 0 aliphatic rings. The number of hydrogen-bond donors (Lipinski definition) is 4. The summed E-state index contributed by atoms with van der Waals surface area (Å²) in [5.74, 6) is -2.13. The number of carbonyl (C=O) groups is 4. The van der Waals surface area contributed by atoms with Gasteiger partial charge in [0.15, 0.2) is 0 Å². The van der Waals surface area contributed by atoms with Crippen molar-refractivity contribution in [3.8, 4) is 0 Å². The van der Waals surface area contributed by atoms with Gasteiger partial charge in [-0.05, 0) is 38.8 Å². The fraction of sp³-hybridized carbons (Fsp3) is 0.407. The van der Waals surface area contributed by atoms with Crippen molar-refractivity contribution in [3.63, 3.8) is 0 Å². The predicted molar refractivity (Wildman–Crippen MR) is 136 cm³/mol. The molecule has 2 rings (SSSR count). The van der Waals surface area contributed by atoms with Gasteiger partial charge in [-0.2, -0.15) is 0 Å². The third-order valence-electron chi connectivity index (χ3n) is 5.00. The molecule has 10 heteroatoms. The van der Waals surface area contributed by atoms with E-state index in [1.54, 1.807) is 57.2 Å². The fourth-order valence-electron chi connectivity index (χ4n) is 3.14. The highest BCUT2D eigenvalue weighted by atomic mass is 16.6. The van der Waals surface area contributed by atoms with Crippen LogP contribution in [0.15, 0.2) is 60.7 Å². The Hall–Kier alpha value is -3.92. The highest BCUT2D eigenvalue weighted by molar-refractivity contribution is 5.89. The van der Waals surface area contributed by atoms with Crippen molar-refractivity contribution in [3.05, 3.63) is 71.8 Å². The van der Waals surface area contributed by atoms with Gasteiger partial charge < -0.3 is 30.5 Å². The molecule has 0 radical (unpaired) electrons. The van der Waals surface area contributed by atoms with Crippen LogP contribution < -0.4 is 16.0 Å². The van der Waals surface area contributed by atoms with E-state index in [1.807, 2.05) is 24.3 Å². The zero-order chi connectivity index (χ0) is 27.4. The van der Waals surface area contributed by atoms with Crippen molar-refractivity contribution in [2.75, 3.05) is 6.54 Å². The summed E-state index contributed by atoms with van der Waals surface area (Å²) in [6, 6.07) is 16.1. The Bertz CT molecular complexity index is 1040. The normalized spacial score (nSPS) is 13.4. The molecule has 0 fully saturated rings. The van der Waals surface area contributed by atoms with Gasteiger partial charge in [0.25, 0.3) is 5.91 Å². The van der Waals surface area contributed by atoms with Gasteiger partial charge in [-0.3, -0.25) is 9.59 Å². The van der Waals surface area contributed by atoms with E-state index in [-0.39, 0.29) is 13.0 Å². The first kappa shape index (κ1) is 29.3. The number of aliphatic hydroxyl groups is 1. The lowest BCUT2D eigenvalue weighted by molar-refractivity contribution is -0.158. The second-order valence-corrected chi connectivity index (χ2v) is 9.47. The Morgan fingerprint density at radius 1 is 0.865 bits per heavy atom. The van der Waals surface area contributed by atoms with Crippen LogP contribution >= 0.6 is 0 Å². The van der Waals surface area contributed by atoms with E-state index in [4.69, 9.17) is 9.47 Å². The Balaban J connectivity index is 1.93. The lowest BCUT2D eigenvalue weighted by atomic mass is 10.1. The van der Waals surface area contributed by atoms with Crippen LogP contribution in [0.4, 0.5) is 4.79 Å². The molecule has 0 aromatic heterocycles. The SMILES string of the molecule is C[C@H](NC(=O)[C@@H](O)CNC(=O)[C@H](Cc1ccccc1)NC(=O)OCc1ccccc1)C(=O)OC(C)(C)C. The predicted octanol–water partition coefficient (Wildman–Crippen LogP) is 1.85. The number of esters is 1. The summed E-state index contributed by atoms with van der Waals surface area (Å²) in [6.45, 7) is 6.11. The number of ether oxygens (including phenoxy) is 2. The van der Waals surface area contributed by atoms with Crippen molar-refractivity contribution < 1.29 is 33.8 Å². The quantitative estimate of drug-likeness (QED) is 0.336. The third kappa shape index (κ3) is 11.1. The maximum absolute atomic E-state index is 12.9. The third-order valence-corrected chi connectivity index (χ3v) is 5.00. The Labute approximate surface area is 216 Å². The molecule has 0 saturated carbocycles. The number of rotatable bonds is 11. The van der Waals surface area contributed by atoms with E-state index >= 15 is 0 Å². The first-order valence-electron chi connectivity index (χ1n) is 11.9. The molecule has 3 amide bonds. The molecule has 200 valence electrons. The van der Waals surface area contributed by atoms with Crippen molar-refractivity contribution >= 4 is 23.9 Å². The topological polar surface area (TPSA) is 143 Å². The summed E-state index contributed by atoms with van der Waals surface area (Å²) in [4.78, 5) is 49.6. The van der Waals surface area contributed by atoms with Crippen LogP contribution in [0.25, 0.3) is 0 Å². The molecule has 4 N–H and O–H groups in total. The molecule has 0 saturated heterocycles. The summed E-state index contributed by atoms with van der Waals surface area (Å²) in [7, 11) is 0. The first-order valence-corrected chi connectivity index (χ1v) is 11.9. The van der Waals surface area contributed by atoms with Crippen molar-refractivity contribution in [2.24, 2.45) is 0 Å². The molecule has 0 heterocycles. The molecule has 0 aliphatic heterocycles. The molecule has 10 nitrogen and oxygen atoms in total. The van der Waals surface area contributed by atoms with Gasteiger partial charge in [-0.25, -0.2) is 9.59 Å². The Morgan fingerprint density at radius 2 is 1.43 bits per heavy atom. The standard InChI is InChI=1S/C27H35N3O7/c1-18(25(34)37-27(2,3)4)29-24(33)22(31)16-28-23(32)21(15-19-11-7-5-8-12-19)30-26(35)36-17-20-13-9-6-10-14-20/h5-14,18,21-22,31H,15-17H2,1-4H3,(H,28,32)(H,29,33)(H,30,35)/t18-,21-,22-/m0/s1. The van der Waals surface area contributed by atoms with Crippen LogP contribution in [0.3, 0.4) is 0 Å². The van der Waals surface area contributed by atoms with Crippen molar-refractivity contribution in [1.82, 2.24) is 16.0 Å². The van der Waals surface area contributed by atoms with E-state index < -0.39 is 54.2 Å². The van der Waals surface area contributed by atoms with Gasteiger partial charge in [0.05, 0.1) is 6.54 Å². The molecule has 3 atom stereocenters. The van der Waals surface area contributed by atoms with Gasteiger partial charge in [0.2, 0.25) is 5.91 Å². The van der Waals surface area contributed by atoms with Gasteiger partial charge in [0.1, 0.15) is 30.4 Å². The minimum absolute atomic E-state index is 0.0288. The van der Waals surface area contributed by atoms with E-state index in [9.17, 15) is 24.3 Å².